The van der Waals surface area contributed by atoms with E-state index in [0.717, 1.165) is 63.3 Å². The van der Waals surface area contributed by atoms with E-state index in [4.69, 9.17) is 4.74 Å². The van der Waals surface area contributed by atoms with Crippen LogP contribution < -0.4 is 4.74 Å². The average molecular weight is 371 g/mol. The second kappa shape index (κ2) is 8.22. The molecule has 0 unspecified atom stereocenters. The monoisotopic (exact) mass is 370 g/mol. The normalized spacial score (nSPS) is 24.6. The Morgan fingerprint density at radius 2 is 1.85 bits per heavy atom. The summed E-state index contributed by atoms with van der Waals surface area (Å²) >= 11 is 0. The SMILES string of the molecule is CN1CCOc2ccccc2CCCCC2(CCN(CC3CC3)CC2)C1=O. The lowest BCUT2D eigenvalue weighted by molar-refractivity contribution is -0.145. The van der Waals surface area contributed by atoms with Gasteiger partial charge in [0, 0.05) is 13.6 Å². The molecule has 2 fully saturated rings. The number of aryl methyl sites for hydroxylation is 1. The van der Waals surface area contributed by atoms with Gasteiger partial charge < -0.3 is 14.5 Å². The van der Waals surface area contributed by atoms with E-state index in [0.29, 0.717) is 19.1 Å². The summed E-state index contributed by atoms with van der Waals surface area (Å²) < 4.78 is 6.02. The minimum atomic E-state index is -0.145. The van der Waals surface area contributed by atoms with Crippen LogP contribution in [0.3, 0.4) is 0 Å². The molecule has 1 saturated carbocycles. The van der Waals surface area contributed by atoms with Crippen molar-refractivity contribution >= 4 is 5.91 Å². The van der Waals surface area contributed by atoms with Crippen molar-refractivity contribution in [3.63, 3.8) is 0 Å². The molecule has 1 aromatic rings. The Morgan fingerprint density at radius 3 is 2.63 bits per heavy atom. The maximum atomic E-state index is 13.4. The number of likely N-dealkylation sites (N-methyl/N-ethyl adjacent to an activating group) is 1. The molecule has 2 aliphatic heterocycles. The first-order valence-corrected chi connectivity index (χ1v) is 10.8. The van der Waals surface area contributed by atoms with Gasteiger partial charge in [-0.05, 0) is 75.6 Å². The molecule has 0 bridgehead atoms. The molecule has 1 aromatic carbocycles. The molecule has 1 spiro atoms. The third-order valence-electron chi connectivity index (χ3n) is 6.84. The summed E-state index contributed by atoms with van der Waals surface area (Å²) in [4.78, 5) is 17.9. The minimum absolute atomic E-state index is 0.145. The van der Waals surface area contributed by atoms with E-state index in [2.05, 4.69) is 23.1 Å². The van der Waals surface area contributed by atoms with Crippen LogP contribution in [0.1, 0.15) is 50.5 Å². The number of likely N-dealkylation sites (tertiary alicyclic amines) is 1. The number of amides is 1. The third kappa shape index (κ3) is 4.48. The van der Waals surface area contributed by atoms with Gasteiger partial charge in [0.15, 0.2) is 0 Å². The highest BCUT2D eigenvalue weighted by Crippen LogP contribution is 2.40. The molecule has 1 saturated heterocycles. The van der Waals surface area contributed by atoms with Crippen LogP contribution in [0.25, 0.3) is 0 Å². The van der Waals surface area contributed by atoms with Crippen molar-refractivity contribution in [1.82, 2.24) is 9.80 Å². The average Bonchev–Trinajstić information content (AvgIpc) is 3.50. The second-order valence-corrected chi connectivity index (χ2v) is 8.91. The van der Waals surface area contributed by atoms with Crippen LogP contribution in [-0.2, 0) is 11.2 Å². The molecule has 2 heterocycles. The number of hydrogen-bond donors (Lipinski definition) is 0. The Hall–Kier alpha value is -1.55. The van der Waals surface area contributed by atoms with Crippen molar-refractivity contribution in [3.05, 3.63) is 29.8 Å². The van der Waals surface area contributed by atoms with Crippen LogP contribution in [0, 0.1) is 11.3 Å². The quantitative estimate of drug-likeness (QED) is 0.795. The van der Waals surface area contributed by atoms with Crippen molar-refractivity contribution in [3.8, 4) is 5.75 Å². The van der Waals surface area contributed by atoms with Crippen LogP contribution >= 0.6 is 0 Å². The fourth-order valence-corrected chi connectivity index (χ4v) is 4.83. The van der Waals surface area contributed by atoms with Crippen LogP contribution in [0.4, 0.5) is 0 Å². The summed E-state index contributed by atoms with van der Waals surface area (Å²) in [6.45, 7) is 4.68. The van der Waals surface area contributed by atoms with Crippen LogP contribution in [0.5, 0.6) is 5.75 Å². The highest BCUT2D eigenvalue weighted by Gasteiger charge is 2.42. The molecule has 1 aliphatic carbocycles. The molecule has 0 aromatic heterocycles. The minimum Gasteiger partial charge on any atom is -0.491 e. The summed E-state index contributed by atoms with van der Waals surface area (Å²) in [5, 5.41) is 0. The van der Waals surface area contributed by atoms with E-state index in [9.17, 15) is 4.79 Å². The highest BCUT2D eigenvalue weighted by atomic mass is 16.5. The predicted octanol–water partition coefficient (Wildman–Crippen LogP) is 3.74. The number of benzene rings is 1. The number of fused-ring (bicyclic) bond motifs is 1. The zero-order chi connectivity index (χ0) is 18.7. The van der Waals surface area contributed by atoms with Crippen molar-refractivity contribution in [2.75, 3.05) is 39.8 Å². The fourth-order valence-electron chi connectivity index (χ4n) is 4.83. The molecular weight excluding hydrogens is 336 g/mol. The van der Waals surface area contributed by atoms with Crippen LogP contribution in [-0.4, -0.2) is 55.5 Å². The predicted molar refractivity (Wildman–Crippen MR) is 108 cm³/mol. The summed E-state index contributed by atoms with van der Waals surface area (Å²) in [5.41, 5.74) is 1.16. The molecule has 0 radical (unpaired) electrons. The van der Waals surface area contributed by atoms with Gasteiger partial charge >= 0.3 is 0 Å². The van der Waals surface area contributed by atoms with Gasteiger partial charge in [-0.1, -0.05) is 24.6 Å². The van der Waals surface area contributed by atoms with Gasteiger partial charge in [0.2, 0.25) is 5.91 Å². The molecule has 3 aliphatic rings. The van der Waals surface area contributed by atoms with Gasteiger partial charge in [-0.15, -0.1) is 0 Å². The zero-order valence-corrected chi connectivity index (χ0v) is 16.8. The molecule has 1 amide bonds. The molecular formula is C23H34N2O2. The molecule has 4 rings (SSSR count). The molecule has 27 heavy (non-hydrogen) atoms. The van der Waals surface area contributed by atoms with Gasteiger partial charge in [-0.3, -0.25) is 4.79 Å². The lowest BCUT2D eigenvalue weighted by Crippen LogP contribution is -2.50. The van der Waals surface area contributed by atoms with Gasteiger partial charge in [-0.25, -0.2) is 0 Å². The standard InChI is InChI=1S/C23H34N2O2/c1-24-16-17-27-21-8-3-2-6-20(21)7-4-5-11-23(22(24)26)12-14-25(15-13-23)18-19-9-10-19/h2-3,6,8,19H,4-5,7,9-18H2,1H3. The maximum absolute atomic E-state index is 13.4. The first-order valence-electron chi connectivity index (χ1n) is 10.8. The fraction of sp³-hybridized carbons (Fsp3) is 0.696. The Bertz CT molecular complexity index is 648. The first kappa shape index (κ1) is 18.8. The summed E-state index contributed by atoms with van der Waals surface area (Å²) in [5.74, 6) is 2.28. The lowest BCUT2D eigenvalue weighted by atomic mass is 9.73. The summed E-state index contributed by atoms with van der Waals surface area (Å²) in [6, 6.07) is 8.37. The van der Waals surface area contributed by atoms with Crippen molar-refractivity contribution in [1.29, 1.82) is 0 Å². The molecule has 148 valence electrons. The van der Waals surface area contributed by atoms with Crippen molar-refractivity contribution in [2.24, 2.45) is 11.3 Å². The van der Waals surface area contributed by atoms with Gasteiger partial charge in [0.05, 0.1) is 12.0 Å². The number of carbonyl (C=O) groups is 1. The number of nitrogens with zero attached hydrogens (tertiary/aromatic N) is 2. The lowest BCUT2D eigenvalue weighted by Gasteiger charge is -2.43. The van der Waals surface area contributed by atoms with E-state index in [1.54, 1.807) is 0 Å². The number of carbonyl (C=O) groups excluding carboxylic acids is 1. The Kier molecular flexibility index (Phi) is 5.72. The molecule has 0 atom stereocenters. The second-order valence-electron chi connectivity index (χ2n) is 8.91. The van der Waals surface area contributed by atoms with E-state index in [-0.39, 0.29) is 5.41 Å². The van der Waals surface area contributed by atoms with Crippen molar-refractivity contribution in [2.45, 2.75) is 51.4 Å². The largest absolute Gasteiger partial charge is 0.491 e. The zero-order valence-electron chi connectivity index (χ0n) is 16.8. The number of piperidine rings is 1. The third-order valence-corrected chi connectivity index (χ3v) is 6.84. The van der Waals surface area contributed by atoms with E-state index < -0.39 is 0 Å². The smallest absolute Gasteiger partial charge is 0.228 e. The first-order chi connectivity index (χ1) is 13.2. The number of ether oxygens (including phenoxy) is 1. The van der Waals surface area contributed by atoms with Crippen molar-refractivity contribution < 1.29 is 9.53 Å². The molecule has 0 N–H and O–H groups in total. The molecule has 4 heteroatoms. The number of hydrogen-bond acceptors (Lipinski definition) is 3. The highest BCUT2D eigenvalue weighted by molar-refractivity contribution is 5.82. The van der Waals surface area contributed by atoms with Crippen LogP contribution in [0.15, 0.2) is 24.3 Å². The van der Waals surface area contributed by atoms with E-state index >= 15 is 0 Å². The Labute approximate surface area is 163 Å². The van der Waals surface area contributed by atoms with Gasteiger partial charge in [0.25, 0.3) is 0 Å². The van der Waals surface area contributed by atoms with E-state index in [1.807, 2.05) is 18.0 Å². The topological polar surface area (TPSA) is 32.8 Å². The van der Waals surface area contributed by atoms with Gasteiger partial charge in [-0.2, -0.15) is 0 Å². The van der Waals surface area contributed by atoms with Gasteiger partial charge in [0.1, 0.15) is 12.4 Å². The van der Waals surface area contributed by atoms with Crippen LogP contribution in [0.2, 0.25) is 0 Å². The number of para-hydroxylation sites is 1. The maximum Gasteiger partial charge on any atom is 0.228 e. The summed E-state index contributed by atoms with van der Waals surface area (Å²) in [7, 11) is 1.96. The Morgan fingerprint density at radius 1 is 1.07 bits per heavy atom. The Balaban J connectivity index is 1.44. The summed E-state index contributed by atoms with van der Waals surface area (Å²) in [6.07, 6.45) is 9.21. The van der Waals surface area contributed by atoms with E-state index in [1.165, 1.54) is 24.9 Å². The molecule has 4 nitrogen and oxygen atoms in total. The number of rotatable bonds is 2.